The molecule has 1 heterocycles. The highest BCUT2D eigenvalue weighted by molar-refractivity contribution is 5.95. The quantitative estimate of drug-likeness (QED) is 0.787. The van der Waals surface area contributed by atoms with Crippen molar-refractivity contribution in [2.24, 2.45) is 0 Å². The molecule has 7 heteroatoms. The summed E-state index contributed by atoms with van der Waals surface area (Å²) < 4.78 is 5.16. The second-order valence-corrected chi connectivity index (χ2v) is 7.04. The predicted octanol–water partition coefficient (Wildman–Crippen LogP) is 2.81. The van der Waals surface area contributed by atoms with Crippen molar-refractivity contribution in [3.63, 3.8) is 0 Å². The molecule has 0 radical (unpaired) electrons. The zero-order valence-electron chi connectivity index (χ0n) is 16.8. The van der Waals surface area contributed by atoms with E-state index < -0.39 is 6.04 Å². The fraction of sp³-hybridized carbons (Fsp3) is 0.318. The van der Waals surface area contributed by atoms with Gasteiger partial charge in [-0.25, -0.2) is 0 Å². The van der Waals surface area contributed by atoms with E-state index in [1.807, 2.05) is 24.3 Å². The van der Waals surface area contributed by atoms with Gasteiger partial charge in [0, 0.05) is 31.8 Å². The zero-order chi connectivity index (χ0) is 21.0. The lowest BCUT2D eigenvalue weighted by Gasteiger charge is -2.19. The molecule has 1 aliphatic rings. The second kappa shape index (κ2) is 8.77. The molecule has 1 aliphatic heterocycles. The van der Waals surface area contributed by atoms with Gasteiger partial charge in [-0.1, -0.05) is 12.1 Å². The number of fused-ring (bicyclic) bond motifs is 1. The molecule has 0 saturated heterocycles. The van der Waals surface area contributed by atoms with Crippen LogP contribution >= 0.6 is 0 Å². The summed E-state index contributed by atoms with van der Waals surface area (Å²) in [6.07, 6.45) is 0.863. The Balaban J connectivity index is 1.70. The molecule has 152 valence electrons. The van der Waals surface area contributed by atoms with Crippen LogP contribution in [0.4, 0.5) is 11.4 Å². The first kappa shape index (κ1) is 20.4. The standard InChI is InChI=1S/C22H25N3O4/c1-14(26)23-20(16-4-7-19(29-3)8-5-16)13-22(28)24-18-6-9-21-17(12-18)10-11-25(21)15(2)27/h4-9,12,20H,10-11,13H2,1-3H3,(H,23,26)(H,24,28)/t20-/m0/s1. The van der Waals surface area contributed by atoms with Crippen LogP contribution in [0.3, 0.4) is 0 Å². The second-order valence-electron chi connectivity index (χ2n) is 7.04. The number of hydrogen-bond acceptors (Lipinski definition) is 4. The third kappa shape index (κ3) is 4.93. The number of hydrogen-bond donors (Lipinski definition) is 2. The first-order valence-electron chi connectivity index (χ1n) is 9.49. The number of benzene rings is 2. The van der Waals surface area contributed by atoms with E-state index in [0.717, 1.165) is 23.2 Å². The van der Waals surface area contributed by atoms with Crippen LogP contribution in [0.2, 0.25) is 0 Å². The largest absolute Gasteiger partial charge is 0.497 e. The first-order valence-corrected chi connectivity index (χ1v) is 9.49. The predicted molar refractivity (Wildman–Crippen MR) is 111 cm³/mol. The minimum absolute atomic E-state index is 0.0122. The molecule has 7 nitrogen and oxygen atoms in total. The molecule has 29 heavy (non-hydrogen) atoms. The maximum absolute atomic E-state index is 12.6. The van der Waals surface area contributed by atoms with Gasteiger partial charge in [-0.05, 0) is 47.9 Å². The summed E-state index contributed by atoms with van der Waals surface area (Å²) in [4.78, 5) is 37.6. The van der Waals surface area contributed by atoms with E-state index in [4.69, 9.17) is 4.74 Å². The van der Waals surface area contributed by atoms with Crippen molar-refractivity contribution in [1.29, 1.82) is 0 Å². The Morgan fingerprint density at radius 3 is 2.45 bits per heavy atom. The smallest absolute Gasteiger partial charge is 0.226 e. The minimum atomic E-state index is -0.443. The van der Waals surface area contributed by atoms with Gasteiger partial charge in [0.25, 0.3) is 0 Å². The number of anilines is 2. The van der Waals surface area contributed by atoms with E-state index in [1.165, 1.54) is 6.92 Å². The molecular weight excluding hydrogens is 370 g/mol. The van der Waals surface area contributed by atoms with Gasteiger partial charge in [-0.2, -0.15) is 0 Å². The van der Waals surface area contributed by atoms with Crippen molar-refractivity contribution >= 4 is 29.1 Å². The average molecular weight is 395 g/mol. The third-order valence-corrected chi connectivity index (χ3v) is 4.92. The monoisotopic (exact) mass is 395 g/mol. The van der Waals surface area contributed by atoms with Crippen molar-refractivity contribution < 1.29 is 19.1 Å². The lowest BCUT2D eigenvalue weighted by molar-refractivity contribution is -0.120. The summed E-state index contributed by atoms with van der Waals surface area (Å²) in [6.45, 7) is 3.63. The fourth-order valence-electron chi connectivity index (χ4n) is 3.54. The average Bonchev–Trinajstić information content (AvgIpc) is 3.10. The van der Waals surface area contributed by atoms with Gasteiger partial charge >= 0.3 is 0 Å². The molecule has 2 aromatic rings. The summed E-state index contributed by atoms with van der Waals surface area (Å²) >= 11 is 0. The zero-order valence-corrected chi connectivity index (χ0v) is 16.8. The maximum Gasteiger partial charge on any atom is 0.226 e. The number of methoxy groups -OCH3 is 1. The Bertz CT molecular complexity index is 924. The van der Waals surface area contributed by atoms with E-state index in [-0.39, 0.29) is 24.1 Å². The van der Waals surface area contributed by atoms with Crippen molar-refractivity contribution in [2.75, 3.05) is 23.9 Å². The summed E-state index contributed by atoms with van der Waals surface area (Å²) in [5.41, 5.74) is 3.43. The number of rotatable bonds is 6. The van der Waals surface area contributed by atoms with Crippen LogP contribution in [0.1, 0.15) is 37.4 Å². The Labute approximate surface area is 170 Å². The number of carbonyl (C=O) groups is 3. The number of amides is 3. The number of nitrogens with one attached hydrogen (secondary N) is 2. The lowest BCUT2D eigenvalue weighted by atomic mass is 10.0. The van der Waals surface area contributed by atoms with Gasteiger partial charge in [0.15, 0.2) is 0 Å². The van der Waals surface area contributed by atoms with Gasteiger partial charge in [-0.3, -0.25) is 14.4 Å². The van der Waals surface area contributed by atoms with Crippen LogP contribution in [-0.2, 0) is 20.8 Å². The summed E-state index contributed by atoms with van der Waals surface area (Å²) in [6, 6.07) is 12.4. The molecule has 3 rings (SSSR count). The van der Waals surface area contributed by atoms with Gasteiger partial charge in [-0.15, -0.1) is 0 Å². The van der Waals surface area contributed by atoms with E-state index in [0.29, 0.717) is 18.0 Å². The fourth-order valence-corrected chi connectivity index (χ4v) is 3.54. The van der Waals surface area contributed by atoms with Crippen molar-refractivity contribution in [2.45, 2.75) is 32.7 Å². The number of nitrogens with zero attached hydrogens (tertiary/aromatic N) is 1. The van der Waals surface area contributed by atoms with Crippen LogP contribution in [0, 0.1) is 0 Å². The highest BCUT2D eigenvalue weighted by Crippen LogP contribution is 2.30. The van der Waals surface area contributed by atoms with Crippen LogP contribution < -0.4 is 20.3 Å². The van der Waals surface area contributed by atoms with E-state index in [2.05, 4.69) is 10.6 Å². The van der Waals surface area contributed by atoms with E-state index in [9.17, 15) is 14.4 Å². The number of ether oxygens (including phenoxy) is 1. The summed E-state index contributed by atoms with van der Waals surface area (Å²) in [7, 11) is 1.58. The molecule has 1 atom stereocenters. The Morgan fingerprint density at radius 2 is 1.83 bits per heavy atom. The van der Waals surface area contributed by atoms with E-state index >= 15 is 0 Å². The van der Waals surface area contributed by atoms with Gasteiger partial charge in [0.05, 0.1) is 19.6 Å². The lowest BCUT2D eigenvalue weighted by Crippen LogP contribution is -2.29. The van der Waals surface area contributed by atoms with E-state index in [1.54, 1.807) is 37.1 Å². The molecule has 0 aliphatic carbocycles. The van der Waals surface area contributed by atoms with Crippen LogP contribution in [-0.4, -0.2) is 31.4 Å². The molecule has 0 saturated carbocycles. The van der Waals surface area contributed by atoms with Crippen molar-refractivity contribution in [3.05, 3.63) is 53.6 Å². The third-order valence-electron chi connectivity index (χ3n) is 4.92. The minimum Gasteiger partial charge on any atom is -0.497 e. The molecule has 0 aromatic heterocycles. The van der Waals surface area contributed by atoms with Gasteiger partial charge in [0.1, 0.15) is 5.75 Å². The SMILES string of the molecule is COc1ccc([C@H](CC(=O)Nc2ccc3c(c2)CCN3C(C)=O)NC(C)=O)cc1. The van der Waals surface area contributed by atoms with Gasteiger partial charge in [0.2, 0.25) is 17.7 Å². The highest BCUT2D eigenvalue weighted by Gasteiger charge is 2.23. The molecule has 2 N–H and O–H groups in total. The maximum atomic E-state index is 12.6. The summed E-state index contributed by atoms with van der Waals surface area (Å²) in [5, 5.41) is 5.72. The number of carbonyl (C=O) groups excluding carboxylic acids is 3. The highest BCUT2D eigenvalue weighted by atomic mass is 16.5. The molecule has 0 spiro atoms. The molecule has 0 unspecified atom stereocenters. The topological polar surface area (TPSA) is 87.7 Å². The van der Waals surface area contributed by atoms with Crippen LogP contribution in [0.5, 0.6) is 5.75 Å². The molecule has 0 bridgehead atoms. The van der Waals surface area contributed by atoms with Crippen molar-refractivity contribution in [3.8, 4) is 5.75 Å². The Morgan fingerprint density at radius 1 is 1.10 bits per heavy atom. The summed E-state index contributed by atoms with van der Waals surface area (Å²) in [5.74, 6) is 0.303. The van der Waals surface area contributed by atoms with Crippen LogP contribution in [0.15, 0.2) is 42.5 Å². The molecular formula is C22H25N3O4. The Hall–Kier alpha value is -3.35. The Kier molecular flexibility index (Phi) is 6.16. The molecule has 2 aromatic carbocycles. The van der Waals surface area contributed by atoms with Gasteiger partial charge < -0.3 is 20.3 Å². The normalized spacial score (nSPS) is 13.4. The molecule has 3 amide bonds. The molecule has 0 fully saturated rings. The van der Waals surface area contributed by atoms with Crippen molar-refractivity contribution in [1.82, 2.24) is 5.32 Å². The van der Waals surface area contributed by atoms with Crippen LogP contribution in [0.25, 0.3) is 0 Å². The first-order chi connectivity index (χ1) is 13.9.